The first-order valence-corrected chi connectivity index (χ1v) is 10.8. The van der Waals surface area contributed by atoms with E-state index in [0.29, 0.717) is 16.7 Å². The normalized spacial score (nSPS) is 10.9. The predicted octanol–water partition coefficient (Wildman–Crippen LogP) is 5.06. The van der Waals surface area contributed by atoms with E-state index in [1.54, 1.807) is 72.8 Å². The molecule has 6 nitrogen and oxygen atoms in total. The quantitative estimate of drug-likeness (QED) is 0.346. The maximum Gasteiger partial charge on any atom is 0.338 e. The Balaban J connectivity index is 1.74. The van der Waals surface area contributed by atoms with Gasteiger partial charge in [-0.2, -0.15) is 0 Å². The fourth-order valence-electron chi connectivity index (χ4n) is 3.14. The molecule has 0 radical (unpaired) electrons. The maximum atomic E-state index is 12.7. The van der Waals surface area contributed by atoms with Crippen LogP contribution in [-0.2, 0) is 14.9 Å². The minimum absolute atomic E-state index is 0.120. The molecule has 3 aromatic rings. The molecule has 0 heterocycles. The molecule has 3 rings (SSSR count). The van der Waals surface area contributed by atoms with Gasteiger partial charge in [-0.15, -0.1) is 0 Å². The molecule has 0 N–H and O–H groups in total. The highest BCUT2D eigenvalue weighted by molar-refractivity contribution is 6.01. The predicted molar refractivity (Wildman–Crippen MR) is 127 cm³/mol. The number of carbonyl (C=O) groups is 4. The third kappa shape index (κ3) is 6.48. The van der Waals surface area contributed by atoms with E-state index >= 15 is 0 Å². The van der Waals surface area contributed by atoms with E-state index < -0.39 is 25.2 Å². The topological polar surface area (TPSA) is 86.7 Å². The maximum absolute atomic E-state index is 12.7. The van der Waals surface area contributed by atoms with Crippen molar-refractivity contribution in [2.24, 2.45) is 0 Å². The van der Waals surface area contributed by atoms with Crippen LogP contribution < -0.4 is 0 Å². The lowest BCUT2D eigenvalue weighted by Crippen LogP contribution is -2.19. The number of benzene rings is 3. The summed E-state index contributed by atoms with van der Waals surface area (Å²) in [5.41, 5.74) is 1.43. The van der Waals surface area contributed by atoms with Crippen molar-refractivity contribution >= 4 is 23.5 Å². The number of esters is 2. The minimum Gasteiger partial charge on any atom is -0.454 e. The Bertz CT molecular complexity index is 1100. The van der Waals surface area contributed by atoms with Crippen LogP contribution in [0.2, 0.25) is 0 Å². The Morgan fingerprint density at radius 1 is 0.588 bits per heavy atom. The molecular formula is C28H26O6. The Morgan fingerprint density at radius 2 is 0.971 bits per heavy atom. The Kier molecular flexibility index (Phi) is 7.74. The highest BCUT2D eigenvalue weighted by Gasteiger charge is 2.22. The molecule has 0 atom stereocenters. The van der Waals surface area contributed by atoms with Crippen LogP contribution in [0, 0.1) is 0 Å². The molecule has 0 bridgehead atoms. The Morgan fingerprint density at radius 3 is 1.32 bits per heavy atom. The van der Waals surface area contributed by atoms with Gasteiger partial charge in [-0.3, -0.25) is 9.59 Å². The first-order valence-electron chi connectivity index (χ1n) is 10.8. The zero-order chi connectivity index (χ0) is 24.7. The van der Waals surface area contributed by atoms with E-state index in [0.717, 1.165) is 0 Å². The van der Waals surface area contributed by atoms with Gasteiger partial charge in [-0.1, -0.05) is 81.4 Å². The number of Topliss-reactive ketones (excluding diaryl/α,β-unsaturated/α-hetero) is 2. The largest absolute Gasteiger partial charge is 0.454 e. The second kappa shape index (κ2) is 10.7. The SMILES string of the molecule is CC(C)(C)c1cc(C(=O)OCC(=O)c2ccccc2)cc(C(=O)OCC(=O)c2ccccc2)c1. The molecule has 0 spiro atoms. The van der Waals surface area contributed by atoms with Gasteiger partial charge >= 0.3 is 11.9 Å². The van der Waals surface area contributed by atoms with Crippen LogP contribution in [0.25, 0.3) is 0 Å². The van der Waals surface area contributed by atoms with Crippen molar-refractivity contribution in [3.05, 3.63) is 107 Å². The summed E-state index contributed by atoms with van der Waals surface area (Å²) in [4.78, 5) is 49.9. The van der Waals surface area contributed by atoms with E-state index in [1.165, 1.54) is 6.07 Å². The fourth-order valence-corrected chi connectivity index (χ4v) is 3.14. The molecule has 0 aliphatic carbocycles. The molecule has 0 unspecified atom stereocenters. The molecule has 0 aromatic heterocycles. The summed E-state index contributed by atoms with van der Waals surface area (Å²) in [6.45, 7) is 4.96. The Hall–Kier alpha value is -4.06. The van der Waals surface area contributed by atoms with Gasteiger partial charge in [-0.05, 0) is 29.2 Å². The molecule has 0 aliphatic rings. The summed E-state index contributed by atoms with van der Waals surface area (Å²) in [6, 6.07) is 21.6. The highest BCUT2D eigenvalue weighted by atomic mass is 16.5. The molecular weight excluding hydrogens is 432 g/mol. The van der Waals surface area contributed by atoms with Crippen molar-refractivity contribution in [2.75, 3.05) is 13.2 Å². The van der Waals surface area contributed by atoms with Crippen molar-refractivity contribution in [1.29, 1.82) is 0 Å². The average molecular weight is 459 g/mol. The first kappa shape index (κ1) is 24.6. The lowest BCUT2D eigenvalue weighted by atomic mass is 9.85. The monoisotopic (exact) mass is 458 g/mol. The summed E-state index contributed by atoms with van der Waals surface area (Å²) in [6.07, 6.45) is 0. The van der Waals surface area contributed by atoms with E-state index in [-0.39, 0.29) is 28.1 Å². The van der Waals surface area contributed by atoms with E-state index in [4.69, 9.17) is 9.47 Å². The fraction of sp³-hybridized carbons (Fsp3) is 0.214. The van der Waals surface area contributed by atoms with Gasteiger partial charge in [0.25, 0.3) is 0 Å². The molecule has 0 amide bonds. The second-order valence-electron chi connectivity index (χ2n) is 8.78. The van der Waals surface area contributed by atoms with Gasteiger partial charge < -0.3 is 9.47 Å². The van der Waals surface area contributed by atoms with Gasteiger partial charge in [0.2, 0.25) is 0 Å². The van der Waals surface area contributed by atoms with Crippen molar-refractivity contribution in [1.82, 2.24) is 0 Å². The summed E-state index contributed by atoms with van der Waals surface area (Å²) in [5.74, 6) is -2.13. The van der Waals surface area contributed by atoms with Gasteiger partial charge in [-0.25, -0.2) is 9.59 Å². The molecule has 0 aliphatic heterocycles. The van der Waals surface area contributed by atoms with Crippen LogP contribution in [-0.4, -0.2) is 36.7 Å². The number of rotatable bonds is 8. The molecule has 0 saturated heterocycles. The zero-order valence-electron chi connectivity index (χ0n) is 19.4. The average Bonchev–Trinajstić information content (AvgIpc) is 2.85. The van der Waals surface area contributed by atoms with E-state index in [9.17, 15) is 19.2 Å². The molecule has 3 aromatic carbocycles. The summed E-state index contributed by atoms with van der Waals surface area (Å²) < 4.78 is 10.4. The molecule has 34 heavy (non-hydrogen) atoms. The van der Waals surface area contributed by atoms with Crippen LogP contribution in [0.4, 0.5) is 0 Å². The van der Waals surface area contributed by atoms with Gasteiger partial charge in [0, 0.05) is 11.1 Å². The van der Waals surface area contributed by atoms with Crippen molar-refractivity contribution < 1.29 is 28.7 Å². The van der Waals surface area contributed by atoms with Crippen molar-refractivity contribution in [2.45, 2.75) is 26.2 Å². The smallest absolute Gasteiger partial charge is 0.338 e. The van der Waals surface area contributed by atoms with Gasteiger partial charge in [0.15, 0.2) is 24.8 Å². The van der Waals surface area contributed by atoms with E-state index in [1.807, 2.05) is 20.8 Å². The lowest BCUT2D eigenvalue weighted by Gasteiger charge is -2.20. The number of hydrogen-bond acceptors (Lipinski definition) is 6. The third-order valence-electron chi connectivity index (χ3n) is 5.13. The zero-order valence-corrected chi connectivity index (χ0v) is 19.4. The van der Waals surface area contributed by atoms with Crippen LogP contribution in [0.5, 0.6) is 0 Å². The molecule has 174 valence electrons. The second-order valence-corrected chi connectivity index (χ2v) is 8.78. The van der Waals surface area contributed by atoms with Gasteiger partial charge in [0.05, 0.1) is 11.1 Å². The van der Waals surface area contributed by atoms with Crippen LogP contribution >= 0.6 is 0 Å². The number of carbonyl (C=O) groups excluding carboxylic acids is 4. The molecule has 0 saturated carbocycles. The van der Waals surface area contributed by atoms with Crippen molar-refractivity contribution in [3.8, 4) is 0 Å². The molecule has 0 fully saturated rings. The number of hydrogen-bond donors (Lipinski definition) is 0. The lowest BCUT2D eigenvalue weighted by molar-refractivity contribution is 0.0468. The summed E-state index contributed by atoms with van der Waals surface area (Å²) in [7, 11) is 0. The summed E-state index contributed by atoms with van der Waals surface area (Å²) in [5, 5.41) is 0. The highest BCUT2D eigenvalue weighted by Crippen LogP contribution is 2.25. The first-order chi connectivity index (χ1) is 16.1. The Labute approximate surface area is 198 Å². The van der Waals surface area contributed by atoms with Crippen LogP contribution in [0.1, 0.15) is 67.8 Å². The standard InChI is InChI=1S/C28H26O6/c1-28(2,3)23-15-21(26(31)33-17-24(29)19-10-6-4-7-11-19)14-22(16-23)27(32)34-18-25(30)20-12-8-5-9-13-20/h4-16H,17-18H2,1-3H3. The van der Waals surface area contributed by atoms with Crippen LogP contribution in [0.15, 0.2) is 78.9 Å². The van der Waals surface area contributed by atoms with Crippen molar-refractivity contribution in [3.63, 3.8) is 0 Å². The van der Waals surface area contributed by atoms with E-state index in [2.05, 4.69) is 0 Å². The van der Waals surface area contributed by atoms with Crippen LogP contribution in [0.3, 0.4) is 0 Å². The number of ketones is 2. The van der Waals surface area contributed by atoms with Gasteiger partial charge in [0.1, 0.15) is 0 Å². The molecule has 6 heteroatoms. The number of ether oxygens (including phenoxy) is 2. The minimum atomic E-state index is -0.732. The summed E-state index contributed by atoms with van der Waals surface area (Å²) >= 11 is 0. The third-order valence-corrected chi connectivity index (χ3v) is 5.13.